The fourth-order valence-electron chi connectivity index (χ4n) is 2.05. The maximum atomic E-state index is 12.3. The van der Waals surface area contributed by atoms with Crippen LogP contribution in [0.15, 0.2) is 54.6 Å². The molecule has 0 radical (unpaired) electrons. The Labute approximate surface area is 123 Å². The van der Waals surface area contributed by atoms with Crippen LogP contribution in [0.3, 0.4) is 0 Å². The van der Waals surface area contributed by atoms with E-state index in [0.29, 0.717) is 12.1 Å². The van der Waals surface area contributed by atoms with Crippen molar-refractivity contribution in [2.75, 3.05) is 13.6 Å². The minimum absolute atomic E-state index is 0.123. The van der Waals surface area contributed by atoms with Crippen molar-refractivity contribution in [3.8, 4) is 0 Å². The number of hydrogen-bond donors (Lipinski definition) is 1. The first kappa shape index (κ1) is 14.8. The van der Waals surface area contributed by atoms with Crippen LogP contribution in [0.25, 0.3) is 0 Å². The minimum Gasteiger partial charge on any atom is -0.478 e. The average molecular weight is 283 g/mol. The number of carboxylic acid groups (broad SMARTS) is 1. The Morgan fingerprint density at radius 3 is 2.33 bits per heavy atom. The second-order valence-corrected chi connectivity index (χ2v) is 4.85. The number of benzene rings is 2. The van der Waals surface area contributed by atoms with Crippen molar-refractivity contribution < 1.29 is 14.7 Å². The molecule has 0 spiro atoms. The number of hydrogen-bond acceptors (Lipinski definition) is 2. The lowest BCUT2D eigenvalue weighted by Crippen LogP contribution is -2.29. The molecule has 2 aromatic rings. The Morgan fingerprint density at radius 2 is 1.67 bits per heavy atom. The van der Waals surface area contributed by atoms with Gasteiger partial charge in [0.25, 0.3) is 5.91 Å². The first-order valence-electron chi connectivity index (χ1n) is 6.70. The molecule has 4 heteroatoms. The van der Waals surface area contributed by atoms with Gasteiger partial charge in [-0.25, -0.2) is 4.79 Å². The molecule has 0 heterocycles. The van der Waals surface area contributed by atoms with Crippen molar-refractivity contribution in [1.29, 1.82) is 0 Å². The number of carbonyl (C=O) groups excluding carboxylic acids is 1. The summed E-state index contributed by atoms with van der Waals surface area (Å²) in [5.74, 6) is -1.20. The first-order valence-corrected chi connectivity index (χ1v) is 6.70. The van der Waals surface area contributed by atoms with Crippen molar-refractivity contribution in [2.24, 2.45) is 0 Å². The fourth-order valence-corrected chi connectivity index (χ4v) is 2.05. The lowest BCUT2D eigenvalue weighted by atomic mass is 10.1. The molecule has 2 rings (SSSR count). The molecular formula is C17H17NO3. The second kappa shape index (κ2) is 6.70. The average Bonchev–Trinajstić information content (AvgIpc) is 2.53. The third-order valence-electron chi connectivity index (χ3n) is 3.28. The van der Waals surface area contributed by atoms with Crippen LogP contribution < -0.4 is 0 Å². The molecule has 0 aliphatic heterocycles. The van der Waals surface area contributed by atoms with Crippen LogP contribution in [0.2, 0.25) is 0 Å². The quantitative estimate of drug-likeness (QED) is 0.918. The molecule has 108 valence electrons. The van der Waals surface area contributed by atoms with Crippen LogP contribution in [-0.2, 0) is 6.42 Å². The van der Waals surface area contributed by atoms with Crippen LogP contribution in [0.1, 0.15) is 26.3 Å². The summed E-state index contributed by atoms with van der Waals surface area (Å²) in [5, 5.41) is 8.96. The van der Waals surface area contributed by atoms with E-state index in [2.05, 4.69) is 0 Å². The van der Waals surface area contributed by atoms with E-state index in [-0.39, 0.29) is 11.5 Å². The Balaban J connectivity index is 2.02. The van der Waals surface area contributed by atoms with Crippen molar-refractivity contribution in [3.05, 3.63) is 71.3 Å². The highest BCUT2D eigenvalue weighted by molar-refractivity contribution is 5.97. The molecule has 0 aromatic heterocycles. The molecule has 1 amide bonds. The molecule has 4 nitrogen and oxygen atoms in total. The van der Waals surface area contributed by atoms with E-state index < -0.39 is 5.97 Å². The zero-order valence-electron chi connectivity index (χ0n) is 11.8. The number of amides is 1. The number of nitrogens with zero attached hydrogens (tertiary/aromatic N) is 1. The van der Waals surface area contributed by atoms with Crippen LogP contribution >= 0.6 is 0 Å². The molecule has 0 unspecified atom stereocenters. The summed E-state index contributed by atoms with van der Waals surface area (Å²) in [7, 11) is 1.72. The van der Waals surface area contributed by atoms with E-state index in [9.17, 15) is 9.59 Å². The largest absolute Gasteiger partial charge is 0.478 e. The zero-order valence-corrected chi connectivity index (χ0v) is 11.8. The summed E-state index contributed by atoms with van der Waals surface area (Å²) >= 11 is 0. The highest BCUT2D eigenvalue weighted by Crippen LogP contribution is 2.09. The van der Waals surface area contributed by atoms with Gasteiger partial charge in [0.2, 0.25) is 0 Å². The summed E-state index contributed by atoms with van der Waals surface area (Å²) in [6, 6.07) is 16.0. The Hall–Kier alpha value is -2.62. The monoisotopic (exact) mass is 283 g/mol. The smallest absolute Gasteiger partial charge is 0.335 e. The Bertz CT molecular complexity index is 637. The van der Waals surface area contributed by atoms with Gasteiger partial charge in [-0.1, -0.05) is 36.4 Å². The Kier molecular flexibility index (Phi) is 4.72. The van der Waals surface area contributed by atoms with Crippen molar-refractivity contribution in [1.82, 2.24) is 4.90 Å². The molecule has 0 atom stereocenters. The third kappa shape index (κ3) is 3.92. The topological polar surface area (TPSA) is 57.6 Å². The normalized spacial score (nSPS) is 10.1. The second-order valence-electron chi connectivity index (χ2n) is 4.85. The summed E-state index contributed by atoms with van der Waals surface area (Å²) in [4.78, 5) is 24.8. The minimum atomic E-state index is -1.03. The van der Waals surface area contributed by atoms with Crippen molar-refractivity contribution >= 4 is 11.9 Å². The van der Waals surface area contributed by atoms with Gasteiger partial charge in [0, 0.05) is 19.2 Å². The van der Waals surface area contributed by atoms with E-state index >= 15 is 0 Å². The molecule has 0 fully saturated rings. The van der Waals surface area contributed by atoms with Gasteiger partial charge in [-0.15, -0.1) is 0 Å². The highest BCUT2D eigenvalue weighted by atomic mass is 16.4. The lowest BCUT2D eigenvalue weighted by molar-refractivity contribution is 0.0697. The number of rotatable bonds is 5. The fraction of sp³-hybridized carbons (Fsp3) is 0.176. The predicted molar refractivity (Wildman–Crippen MR) is 80.5 cm³/mol. The van der Waals surface area contributed by atoms with Gasteiger partial charge in [0.1, 0.15) is 0 Å². The first-order chi connectivity index (χ1) is 10.1. The van der Waals surface area contributed by atoms with E-state index in [1.54, 1.807) is 24.1 Å². The predicted octanol–water partition coefficient (Wildman–Crippen LogP) is 2.70. The highest BCUT2D eigenvalue weighted by Gasteiger charge is 2.13. The van der Waals surface area contributed by atoms with E-state index in [1.165, 1.54) is 12.1 Å². The van der Waals surface area contributed by atoms with Crippen LogP contribution in [0, 0.1) is 0 Å². The number of likely N-dealkylation sites (N-methyl/N-ethyl adjacent to an activating group) is 1. The van der Waals surface area contributed by atoms with Gasteiger partial charge in [0.05, 0.1) is 5.56 Å². The maximum Gasteiger partial charge on any atom is 0.335 e. The number of aromatic carboxylic acids is 1. The summed E-state index contributed by atoms with van der Waals surface area (Å²) in [6.45, 7) is 0.583. The van der Waals surface area contributed by atoms with Gasteiger partial charge in [-0.2, -0.15) is 0 Å². The molecule has 21 heavy (non-hydrogen) atoms. The van der Waals surface area contributed by atoms with Crippen molar-refractivity contribution in [2.45, 2.75) is 6.42 Å². The van der Waals surface area contributed by atoms with Gasteiger partial charge >= 0.3 is 5.97 Å². The number of carboxylic acids is 1. The van der Waals surface area contributed by atoms with Crippen LogP contribution in [0.4, 0.5) is 0 Å². The molecule has 0 bridgehead atoms. The molecule has 1 N–H and O–H groups in total. The van der Waals surface area contributed by atoms with Gasteiger partial charge in [0.15, 0.2) is 0 Å². The molecule has 0 aliphatic carbocycles. The Morgan fingerprint density at radius 1 is 1.00 bits per heavy atom. The van der Waals surface area contributed by atoms with Crippen LogP contribution in [-0.4, -0.2) is 35.5 Å². The zero-order chi connectivity index (χ0) is 15.2. The van der Waals surface area contributed by atoms with E-state index in [0.717, 1.165) is 12.0 Å². The van der Waals surface area contributed by atoms with E-state index in [4.69, 9.17) is 5.11 Å². The molecule has 2 aromatic carbocycles. The standard InChI is InChI=1S/C17H17NO3/c1-18(11-10-13-6-3-2-4-7-13)16(19)14-8-5-9-15(12-14)17(20)21/h2-9,12H,10-11H2,1H3,(H,20,21). The molecule has 0 saturated carbocycles. The van der Waals surface area contributed by atoms with Crippen LogP contribution in [0.5, 0.6) is 0 Å². The van der Waals surface area contributed by atoms with Crippen molar-refractivity contribution in [3.63, 3.8) is 0 Å². The molecular weight excluding hydrogens is 266 g/mol. The SMILES string of the molecule is CN(CCc1ccccc1)C(=O)c1cccc(C(=O)O)c1. The lowest BCUT2D eigenvalue weighted by Gasteiger charge is -2.17. The third-order valence-corrected chi connectivity index (χ3v) is 3.28. The maximum absolute atomic E-state index is 12.3. The van der Waals surface area contributed by atoms with E-state index in [1.807, 2.05) is 30.3 Å². The summed E-state index contributed by atoms with van der Waals surface area (Å²) in [6.07, 6.45) is 0.766. The number of carbonyl (C=O) groups is 2. The summed E-state index contributed by atoms with van der Waals surface area (Å²) < 4.78 is 0. The van der Waals surface area contributed by atoms with Gasteiger partial charge in [-0.05, 0) is 30.2 Å². The summed E-state index contributed by atoms with van der Waals surface area (Å²) in [5.41, 5.74) is 1.68. The van der Waals surface area contributed by atoms with Gasteiger partial charge in [-0.3, -0.25) is 4.79 Å². The molecule has 0 aliphatic rings. The molecule has 0 saturated heterocycles. The van der Waals surface area contributed by atoms with Gasteiger partial charge < -0.3 is 10.0 Å².